The van der Waals surface area contributed by atoms with E-state index in [4.69, 9.17) is 0 Å². The fourth-order valence-electron chi connectivity index (χ4n) is 2.61. The number of hydrogen-bond donors (Lipinski definition) is 0. The number of hydrogen-bond acceptors (Lipinski definition) is 0. The summed E-state index contributed by atoms with van der Waals surface area (Å²) in [6.45, 7) is 4.28. The summed E-state index contributed by atoms with van der Waals surface area (Å²) in [4.78, 5) is 0. The van der Waals surface area contributed by atoms with Gasteiger partial charge in [0.1, 0.15) is 0 Å². The molecule has 0 bridgehead atoms. The van der Waals surface area contributed by atoms with E-state index in [9.17, 15) is 0 Å². The maximum atomic E-state index is 2.16. The first-order valence-electron chi connectivity index (χ1n) is 6.98. The average molecular weight is 350 g/mol. The molecule has 4 aromatic rings. The Morgan fingerprint density at radius 3 is 1.33 bits per heavy atom. The fraction of sp³-hybridized carbons (Fsp3) is 0.100. The largest absolute Gasteiger partial charge is 2.00 e. The van der Waals surface area contributed by atoms with Gasteiger partial charge in [-0.3, -0.25) is 0 Å². The molecule has 0 nitrogen and oxygen atoms in total. The van der Waals surface area contributed by atoms with Crippen molar-refractivity contribution in [2.75, 3.05) is 0 Å². The molecule has 4 aromatic carbocycles. The Kier molecular flexibility index (Phi) is 5.31. The average Bonchev–Trinajstić information content (AvgIpc) is 3.05. The van der Waals surface area contributed by atoms with Gasteiger partial charge in [-0.1, -0.05) is 26.0 Å². The van der Waals surface area contributed by atoms with Crippen LogP contribution in [-0.4, -0.2) is 0 Å². The zero-order chi connectivity index (χ0) is 13.9. The minimum atomic E-state index is 0. The third kappa shape index (κ3) is 3.42. The Morgan fingerprint density at radius 1 is 0.571 bits per heavy atom. The molecule has 0 amide bonds. The van der Waals surface area contributed by atoms with E-state index in [2.05, 4.69) is 86.6 Å². The first-order valence-corrected chi connectivity index (χ1v) is 6.98. The summed E-state index contributed by atoms with van der Waals surface area (Å²) < 4.78 is 0. The van der Waals surface area contributed by atoms with Gasteiger partial charge in [-0.15, -0.1) is 69.1 Å². The smallest absolute Gasteiger partial charge is 0.168 e. The van der Waals surface area contributed by atoms with E-state index in [0.29, 0.717) is 0 Å². The molecular formula is C20H18Zr. The molecule has 0 aliphatic carbocycles. The van der Waals surface area contributed by atoms with Crippen LogP contribution < -0.4 is 0 Å². The summed E-state index contributed by atoms with van der Waals surface area (Å²) >= 11 is 0. The van der Waals surface area contributed by atoms with Gasteiger partial charge in [0.25, 0.3) is 0 Å². The quantitative estimate of drug-likeness (QED) is 0.356. The third-order valence-electron chi connectivity index (χ3n) is 3.80. The summed E-state index contributed by atoms with van der Waals surface area (Å²) in [5, 5.41) is 5.45. The van der Waals surface area contributed by atoms with E-state index in [1.165, 1.54) is 32.7 Å². The van der Waals surface area contributed by atoms with Gasteiger partial charge < -0.3 is 0 Å². The molecule has 0 N–H and O–H groups in total. The molecule has 0 aliphatic rings. The van der Waals surface area contributed by atoms with Crippen molar-refractivity contribution in [1.82, 2.24) is 0 Å². The Morgan fingerprint density at radius 2 is 0.952 bits per heavy atom. The van der Waals surface area contributed by atoms with Crippen molar-refractivity contribution in [1.29, 1.82) is 0 Å². The summed E-state index contributed by atoms with van der Waals surface area (Å²) in [6.07, 6.45) is 0. The molecule has 102 valence electrons. The van der Waals surface area contributed by atoms with Gasteiger partial charge in [-0.2, -0.15) is 24.3 Å². The predicted molar refractivity (Wildman–Crippen MR) is 88.6 cm³/mol. The van der Waals surface area contributed by atoms with Crippen LogP contribution >= 0.6 is 0 Å². The van der Waals surface area contributed by atoms with E-state index in [1.807, 2.05) is 0 Å². The van der Waals surface area contributed by atoms with Crippen molar-refractivity contribution in [3.8, 4) is 0 Å². The molecule has 0 aromatic heterocycles. The van der Waals surface area contributed by atoms with E-state index in [0.717, 1.165) is 0 Å². The topological polar surface area (TPSA) is 0 Å². The van der Waals surface area contributed by atoms with Crippen molar-refractivity contribution in [3.05, 3.63) is 83.9 Å². The van der Waals surface area contributed by atoms with Gasteiger partial charge in [0.2, 0.25) is 0 Å². The van der Waals surface area contributed by atoms with Crippen LogP contribution in [0.15, 0.2) is 72.8 Å². The molecule has 0 radical (unpaired) electrons. The Labute approximate surface area is 145 Å². The van der Waals surface area contributed by atoms with Crippen molar-refractivity contribution < 1.29 is 26.2 Å². The molecule has 21 heavy (non-hydrogen) atoms. The molecule has 0 aliphatic heterocycles. The van der Waals surface area contributed by atoms with Crippen LogP contribution in [0.3, 0.4) is 0 Å². The number of rotatable bonds is 0. The fourth-order valence-corrected chi connectivity index (χ4v) is 2.61. The van der Waals surface area contributed by atoms with Crippen molar-refractivity contribution in [3.63, 3.8) is 0 Å². The predicted octanol–water partition coefficient (Wildman–Crippen LogP) is 5.73. The van der Waals surface area contributed by atoms with Crippen LogP contribution in [0.4, 0.5) is 0 Å². The van der Waals surface area contributed by atoms with Crippen LogP contribution in [0.2, 0.25) is 0 Å². The van der Waals surface area contributed by atoms with E-state index in [-0.39, 0.29) is 26.2 Å². The normalized spacial score (nSPS) is 10.0. The molecular weight excluding hydrogens is 331 g/mol. The standard InChI is InChI=1S/2C10H9.Zr/c2*1-8-6-7-9-4-2-3-5-10(8)9;/h2*2-7H,1H3;/q2*-1;+2. The van der Waals surface area contributed by atoms with E-state index in [1.54, 1.807) is 0 Å². The Balaban J connectivity index is 0.000000147. The minimum absolute atomic E-state index is 0. The molecule has 1 heteroatoms. The van der Waals surface area contributed by atoms with Gasteiger partial charge in [-0.25, -0.2) is 0 Å². The second-order valence-electron chi connectivity index (χ2n) is 5.21. The number of benzene rings is 2. The molecule has 0 unspecified atom stereocenters. The van der Waals surface area contributed by atoms with Crippen LogP contribution in [0.1, 0.15) is 11.1 Å². The summed E-state index contributed by atoms with van der Waals surface area (Å²) in [6, 6.07) is 25.5. The third-order valence-corrected chi connectivity index (χ3v) is 3.80. The molecule has 0 heterocycles. The van der Waals surface area contributed by atoms with Crippen LogP contribution in [0.25, 0.3) is 21.5 Å². The summed E-state index contributed by atoms with van der Waals surface area (Å²) in [5.41, 5.74) is 2.74. The SMILES string of the molecule is C[c-]1ccc2ccccc21.C[c-]1ccc2ccccc21.[Zr+2]. The van der Waals surface area contributed by atoms with Gasteiger partial charge in [0, 0.05) is 0 Å². The molecule has 0 saturated carbocycles. The minimum Gasteiger partial charge on any atom is -0.168 e. The van der Waals surface area contributed by atoms with Crippen molar-refractivity contribution >= 4 is 21.5 Å². The molecule has 0 atom stereocenters. The van der Waals surface area contributed by atoms with Crippen LogP contribution in [0, 0.1) is 13.8 Å². The summed E-state index contributed by atoms with van der Waals surface area (Å²) in [5.74, 6) is 0. The molecule has 0 fully saturated rings. The number of fused-ring (bicyclic) bond motifs is 2. The van der Waals surface area contributed by atoms with Crippen LogP contribution in [-0.2, 0) is 26.2 Å². The maximum Gasteiger partial charge on any atom is 2.00 e. The zero-order valence-electron chi connectivity index (χ0n) is 12.4. The second-order valence-corrected chi connectivity index (χ2v) is 5.21. The molecule has 0 saturated heterocycles. The maximum absolute atomic E-state index is 2.16. The molecule has 4 rings (SSSR count). The van der Waals surface area contributed by atoms with Crippen LogP contribution in [0.5, 0.6) is 0 Å². The number of aryl methyl sites for hydroxylation is 2. The van der Waals surface area contributed by atoms with Gasteiger partial charge >= 0.3 is 26.2 Å². The first-order chi connectivity index (χ1) is 9.75. The first kappa shape index (κ1) is 15.9. The zero-order valence-corrected chi connectivity index (χ0v) is 14.9. The van der Waals surface area contributed by atoms with E-state index < -0.39 is 0 Å². The van der Waals surface area contributed by atoms with Crippen molar-refractivity contribution in [2.45, 2.75) is 13.8 Å². The summed E-state index contributed by atoms with van der Waals surface area (Å²) in [7, 11) is 0. The van der Waals surface area contributed by atoms with Gasteiger partial charge in [-0.05, 0) is 0 Å². The van der Waals surface area contributed by atoms with Gasteiger partial charge in [0.05, 0.1) is 0 Å². The van der Waals surface area contributed by atoms with Gasteiger partial charge in [0.15, 0.2) is 0 Å². The molecule has 0 spiro atoms. The van der Waals surface area contributed by atoms with E-state index >= 15 is 0 Å². The second kappa shape index (κ2) is 7.00. The monoisotopic (exact) mass is 348 g/mol. The Bertz CT molecular complexity index is 761. The Hall–Kier alpha value is -1.46. The van der Waals surface area contributed by atoms with Crippen molar-refractivity contribution in [2.24, 2.45) is 0 Å².